The Labute approximate surface area is 110 Å². The van der Waals surface area contributed by atoms with Crippen molar-refractivity contribution >= 4 is 17.3 Å². The average Bonchev–Trinajstić information content (AvgIpc) is 2.91. The first-order valence-corrected chi connectivity index (χ1v) is 6.06. The largest absolute Gasteiger partial charge is 0.341 e. The number of imidazole rings is 2. The number of carbonyl (C=O) groups is 1. The fourth-order valence-electron chi connectivity index (χ4n) is 2.24. The summed E-state index contributed by atoms with van der Waals surface area (Å²) in [5.74, 6) is 1.63. The summed E-state index contributed by atoms with van der Waals surface area (Å²) in [5, 5.41) is 0. The van der Waals surface area contributed by atoms with Gasteiger partial charge in [0.05, 0.1) is 11.0 Å². The molecule has 3 rings (SSSR count). The number of nitrogens with one attached hydrogen (secondary N) is 1. The number of aromatic nitrogens is 4. The highest BCUT2D eigenvalue weighted by atomic mass is 16.1. The van der Waals surface area contributed by atoms with Crippen LogP contribution in [0, 0.1) is 13.8 Å². The molecule has 5 heteroatoms. The molecule has 0 amide bonds. The van der Waals surface area contributed by atoms with Crippen LogP contribution in [0.15, 0.2) is 18.2 Å². The third-order valence-electron chi connectivity index (χ3n) is 3.42. The first kappa shape index (κ1) is 11.6. The molecule has 0 spiro atoms. The Bertz CT molecular complexity index is 782. The maximum absolute atomic E-state index is 10.9. The van der Waals surface area contributed by atoms with E-state index in [9.17, 15) is 4.79 Å². The van der Waals surface area contributed by atoms with E-state index in [1.807, 2.05) is 43.7 Å². The number of aromatic amines is 1. The molecule has 3 aromatic rings. The number of nitrogens with zero attached hydrogens (tertiary/aromatic N) is 3. The smallest absolute Gasteiger partial charge is 0.170 e. The van der Waals surface area contributed by atoms with Crippen LogP contribution in [0.1, 0.15) is 22.0 Å². The van der Waals surface area contributed by atoms with E-state index >= 15 is 0 Å². The lowest BCUT2D eigenvalue weighted by Gasteiger charge is -1.99. The van der Waals surface area contributed by atoms with Crippen molar-refractivity contribution in [2.75, 3.05) is 0 Å². The second kappa shape index (κ2) is 4.05. The van der Waals surface area contributed by atoms with Crippen molar-refractivity contribution < 1.29 is 4.79 Å². The lowest BCUT2D eigenvalue weighted by molar-refractivity contribution is 0.111. The van der Waals surface area contributed by atoms with Crippen molar-refractivity contribution in [1.29, 1.82) is 0 Å². The molecule has 2 aromatic heterocycles. The predicted octanol–water partition coefficient (Wildman–Crippen LogP) is 2.39. The molecule has 0 fully saturated rings. The minimum Gasteiger partial charge on any atom is -0.341 e. The third-order valence-corrected chi connectivity index (χ3v) is 3.42. The molecule has 0 aliphatic rings. The van der Waals surface area contributed by atoms with E-state index < -0.39 is 0 Å². The monoisotopic (exact) mass is 254 g/mol. The predicted molar refractivity (Wildman–Crippen MR) is 73.2 cm³/mol. The normalized spacial score (nSPS) is 11.1. The van der Waals surface area contributed by atoms with Gasteiger partial charge in [0, 0.05) is 18.3 Å². The zero-order valence-electron chi connectivity index (χ0n) is 11.1. The first-order valence-electron chi connectivity index (χ1n) is 6.06. The Morgan fingerprint density at radius 1 is 1.26 bits per heavy atom. The van der Waals surface area contributed by atoms with Crippen molar-refractivity contribution in [2.45, 2.75) is 13.8 Å². The number of hydrogen-bond donors (Lipinski definition) is 1. The Hall–Kier alpha value is -2.43. The molecule has 1 aromatic carbocycles. The standard InChI is InChI=1S/C14H14N4O/c1-8-11(7-19)17-14(15-8)10-5-4-6-12-13(10)16-9(2)18(12)3/h4-7H,1-3H3,(H,15,17). The van der Waals surface area contributed by atoms with Crippen LogP contribution in [-0.2, 0) is 7.05 Å². The summed E-state index contributed by atoms with van der Waals surface area (Å²) in [6.45, 7) is 3.80. The first-order chi connectivity index (χ1) is 9.11. The number of rotatable bonds is 2. The van der Waals surface area contributed by atoms with Gasteiger partial charge < -0.3 is 9.55 Å². The van der Waals surface area contributed by atoms with Gasteiger partial charge in [0.15, 0.2) is 6.29 Å². The molecule has 0 saturated carbocycles. The number of fused-ring (bicyclic) bond motifs is 1. The molecule has 1 N–H and O–H groups in total. The molecular formula is C14H14N4O. The minimum atomic E-state index is 0.444. The van der Waals surface area contributed by atoms with Gasteiger partial charge in [-0.25, -0.2) is 9.97 Å². The second-order valence-corrected chi connectivity index (χ2v) is 4.60. The van der Waals surface area contributed by atoms with Crippen LogP contribution in [0.2, 0.25) is 0 Å². The fourth-order valence-corrected chi connectivity index (χ4v) is 2.24. The molecule has 0 saturated heterocycles. The molecule has 0 aliphatic heterocycles. The van der Waals surface area contributed by atoms with Gasteiger partial charge in [-0.15, -0.1) is 0 Å². The van der Waals surface area contributed by atoms with Crippen LogP contribution >= 0.6 is 0 Å². The van der Waals surface area contributed by atoms with Crippen molar-refractivity contribution in [3.8, 4) is 11.4 Å². The van der Waals surface area contributed by atoms with Gasteiger partial charge in [0.1, 0.15) is 17.3 Å². The van der Waals surface area contributed by atoms with Crippen LogP contribution in [0.5, 0.6) is 0 Å². The molecule has 0 aliphatic carbocycles. The SMILES string of the molecule is Cc1[nH]c(-c2cccc3c2nc(C)n3C)nc1C=O. The Kier molecular flexibility index (Phi) is 2.48. The summed E-state index contributed by atoms with van der Waals surface area (Å²) in [6.07, 6.45) is 0.763. The second-order valence-electron chi connectivity index (χ2n) is 4.60. The van der Waals surface area contributed by atoms with Crippen LogP contribution in [0.3, 0.4) is 0 Å². The van der Waals surface area contributed by atoms with Gasteiger partial charge in [0.2, 0.25) is 0 Å². The average molecular weight is 254 g/mol. The van der Waals surface area contributed by atoms with Gasteiger partial charge in [-0.2, -0.15) is 0 Å². The maximum Gasteiger partial charge on any atom is 0.170 e. The zero-order chi connectivity index (χ0) is 13.6. The topological polar surface area (TPSA) is 63.6 Å². The van der Waals surface area contributed by atoms with E-state index in [0.29, 0.717) is 11.5 Å². The van der Waals surface area contributed by atoms with E-state index in [-0.39, 0.29) is 0 Å². The van der Waals surface area contributed by atoms with Crippen molar-refractivity contribution in [1.82, 2.24) is 19.5 Å². The highest BCUT2D eigenvalue weighted by Crippen LogP contribution is 2.26. The van der Waals surface area contributed by atoms with Crippen molar-refractivity contribution in [2.24, 2.45) is 7.05 Å². The van der Waals surface area contributed by atoms with Crippen LogP contribution in [-0.4, -0.2) is 25.8 Å². The number of carbonyl (C=O) groups excluding carboxylic acids is 1. The van der Waals surface area contributed by atoms with Crippen LogP contribution in [0.4, 0.5) is 0 Å². The number of aldehydes is 1. The van der Waals surface area contributed by atoms with Gasteiger partial charge in [-0.1, -0.05) is 6.07 Å². The third kappa shape index (κ3) is 1.66. The van der Waals surface area contributed by atoms with Crippen LogP contribution < -0.4 is 0 Å². The van der Waals surface area contributed by atoms with E-state index in [1.165, 1.54) is 0 Å². The molecule has 5 nitrogen and oxygen atoms in total. The number of hydrogen-bond acceptors (Lipinski definition) is 3. The highest BCUT2D eigenvalue weighted by Gasteiger charge is 2.14. The Balaban J connectivity index is 2.30. The summed E-state index contributed by atoms with van der Waals surface area (Å²) in [7, 11) is 1.98. The van der Waals surface area contributed by atoms with E-state index in [0.717, 1.165) is 34.4 Å². The van der Waals surface area contributed by atoms with Crippen LogP contribution in [0.25, 0.3) is 22.4 Å². The number of para-hydroxylation sites is 1. The van der Waals surface area contributed by atoms with E-state index in [1.54, 1.807) is 0 Å². The van der Waals surface area contributed by atoms with E-state index in [4.69, 9.17) is 0 Å². The summed E-state index contributed by atoms with van der Waals surface area (Å²) in [6, 6.07) is 5.95. The molecule has 0 unspecified atom stereocenters. The molecule has 0 bridgehead atoms. The quantitative estimate of drug-likeness (QED) is 0.714. The van der Waals surface area contributed by atoms with Gasteiger partial charge in [0.25, 0.3) is 0 Å². The lowest BCUT2D eigenvalue weighted by Crippen LogP contribution is -1.89. The van der Waals surface area contributed by atoms with Gasteiger partial charge in [-0.3, -0.25) is 4.79 Å². The maximum atomic E-state index is 10.9. The summed E-state index contributed by atoms with van der Waals surface area (Å²) in [4.78, 5) is 22.9. The summed E-state index contributed by atoms with van der Waals surface area (Å²) in [5.41, 5.74) is 4.08. The number of benzene rings is 1. The molecule has 0 radical (unpaired) electrons. The zero-order valence-corrected chi connectivity index (χ0v) is 11.1. The fraction of sp³-hybridized carbons (Fsp3) is 0.214. The van der Waals surface area contributed by atoms with Crippen molar-refractivity contribution in [3.05, 3.63) is 35.4 Å². The molecule has 0 atom stereocenters. The molecule has 2 heterocycles. The summed E-state index contributed by atoms with van der Waals surface area (Å²) >= 11 is 0. The number of aryl methyl sites for hydroxylation is 3. The highest BCUT2D eigenvalue weighted by molar-refractivity contribution is 5.91. The molecule has 96 valence electrons. The molecule has 19 heavy (non-hydrogen) atoms. The Morgan fingerprint density at radius 3 is 2.74 bits per heavy atom. The van der Waals surface area contributed by atoms with Crippen molar-refractivity contribution in [3.63, 3.8) is 0 Å². The van der Waals surface area contributed by atoms with E-state index in [2.05, 4.69) is 15.0 Å². The lowest BCUT2D eigenvalue weighted by atomic mass is 10.2. The minimum absolute atomic E-state index is 0.444. The Morgan fingerprint density at radius 2 is 2.05 bits per heavy atom. The van der Waals surface area contributed by atoms with Gasteiger partial charge in [-0.05, 0) is 26.0 Å². The summed E-state index contributed by atoms with van der Waals surface area (Å²) < 4.78 is 2.04. The van der Waals surface area contributed by atoms with Gasteiger partial charge >= 0.3 is 0 Å². The molecular weight excluding hydrogens is 240 g/mol. The number of H-pyrrole nitrogens is 1.